The van der Waals surface area contributed by atoms with Gasteiger partial charge in [-0.1, -0.05) is 0 Å². The number of ether oxygens (including phenoxy) is 3. The van der Waals surface area contributed by atoms with E-state index in [2.05, 4.69) is 40.1 Å². The van der Waals surface area contributed by atoms with Crippen molar-refractivity contribution in [2.45, 2.75) is 12.9 Å². The Morgan fingerprint density at radius 3 is 2.69 bits per heavy atom. The van der Waals surface area contributed by atoms with Crippen molar-refractivity contribution < 1.29 is 37.0 Å². The Labute approximate surface area is 193 Å². The molecule has 0 spiro atoms. The Morgan fingerprint density at radius 1 is 1.17 bits per heavy atom. The fourth-order valence-electron chi connectivity index (χ4n) is 2.90. The molecule has 4 aromatic rings. The van der Waals surface area contributed by atoms with Gasteiger partial charge in [-0.3, -0.25) is 4.40 Å². The largest absolute Gasteiger partial charge is 0.510 e. The fraction of sp³-hybridized carbons (Fsp3) is 0.278. The van der Waals surface area contributed by atoms with Gasteiger partial charge in [-0.05, 0) is 6.07 Å². The summed E-state index contributed by atoms with van der Waals surface area (Å²) in [6.45, 7) is -1.38. The first-order chi connectivity index (χ1) is 16.8. The number of H-pyrrole nitrogens is 1. The molecule has 184 valence electrons. The molecule has 4 aromatic heterocycles. The number of fused-ring (bicyclic) bond motifs is 1. The number of amides is 1. The van der Waals surface area contributed by atoms with Crippen LogP contribution in [0.5, 0.6) is 0 Å². The second-order valence-electron chi connectivity index (χ2n) is 6.58. The van der Waals surface area contributed by atoms with Gasteiger partial charge in [-0.2, -0.15) is 13.2 Å². The third-order valence-electron chi connectivity index (χ3n) is 4.34. The van der Waals surface area contributed by atoms with Gasteiger partial charge in [0.1, 0.15) is 24.6 Å². The maximum atomic E-state index is 13.4. The Morgan fingerprint density at radius 2 is 1.97 bits per heavy atom. The van der Waals surface area contributed by atoms with Crippen LogP contribution in [0.4, 0.5) is 22.8 Å². The molecule has 0 aliphatic carbocycles. The minimum absolute atomic E-state index is 0.0214. The number of alkyl halides is 3. The van der Waals surface area contributed by atoms with Crippen LogP contribution < -0.4 is 5.32 Å². The number of nitrogens with one attached hydrogen (secondary N) is 2. The van der Waals surface area contributed by atoms with Crippen LogP contribution in [0.2, 0.25) is 0 Å². The molecule has 1 amide bonds. The van der Waals surface area contributed by atoms with Crippen molar-refractivity contribution in [1.29, 1.82) is 0 Å². The lowest BCUT2D eigenvalue weighted by molar-refractivity contribution is -0.145. The molecular weight excluding hydrogens is 479 g/mol. The smallest absolute Gasteiger partial charge is 0.446 e. The number of nitrogens with zero attached hydrogens (tertiary/aromatic N) is 7. The predicted octanol–water partition coefficient (Wildman–Crippen LogP) is 1.86. The average Bonchev–Trinajstić information content (AvgIpc) is 3.57. The second-order valence-corrected chi connectivity index (χ2v) is 6.58. The first-order valence-electron chi connectivity index (χ1n) is 9.76. The maximum Gasteiger partial charge on any atom is 0.510 e. The van der Waals surface area contributed by atoms with Gasteiger partial charge in [-0.15, -0.1) is 5.10 Å². The minimum Gasteiger partial charge on any atom is -0.446 e. The van der Waals surface area contributed by atoms with Crippen LogP contribution in [0.15, 0.2) is 31.0 Å². The summed E-state index contributed by atoms with van der Waals surface area (Å²) in [4.78, 5) is 41.6. The van der Waals surface area contributed by atoms with E-state index in [0.29, 0.717) is 16.1 Å². The van der Waals surface area contributed by atoms with Crippen molar-refractivity contribution in [2.24, 2.45) is 0 Å². The highest BCUT2D eigenvalue weighted by atomic mass is 19.4. The van der Waals surface area contributed by atoms with Crippen LogP contribution in [0.1, 0.15) is 5.82 Å². The van der Waals surface area contributed by atoms with Crippen LogP contribution in [0.3, 0.4) is 0 Å². The number of carbonyl (C=O) groups is 2. The van der Waals surface area contributed by atoms with Crippen molar-refractivity contribution in [2.75, 3.05) is 20.3 Å². The number of alkyl carbamates (subject to hydrolysis) is 1. The van der Waals surface area contributed by atoms with Gasteiger partial charge >= 0.3 is 18.4 Å². The van der Waals surface area contributed by atoms with Crippen LogP contribution in [-0.4, -0.2) is 71.6 Å². The second kappa shape index (κ2) is 9.65. The minimum atomic E-state index is -4.89. The topological polar surface area (TPSA) is 163 Å². The van der Waals surface area contributed by atoms with E-state index < -0.39 is 31.0 Å². The summed E-state index contributed by atoms with van der Waals surface area (Å²) in [7, 11) is 1.35. The van der Waals surface area contributed by atoms with Crippen LogP contribution in [0, 0.1) is 0 Å². The highest BCUT2D eigenvalue weighted by Gasteiger charge is 2.38. The van der Waals surface area contributed by atoms with E-state index in [-0.39, 0.29) is 30.5 Å². The lowest BCUT2D eigenvalue weighted by atomic mass is 10.2. The fourth-order valence-corrected chi connectivity index (χ4v) is 2.90. The lowest BCUT2D eigenvalue weighted by Crippen LogP contribution is -2.22. The molecule has 0 saturated carbocycles. The molecular formula is C18H16F3N9O5. The standard InChI is InChI=1S/C18H16F3N9O5/c1-22-16(31)33-5-6-34-17(32)35-9-30-13(27-14(28-30)18(19,20)21)11-12(10-7-23-8-25-10)29-4-2-3-24-15(29)26-11/h2-4,7-8H,5-6,9H2,1H3,(H,22,31)(H,23,25). The summed E-state index contributed by atoms with van der Waals surface area (Å²) in [5.74, 6) is -1.64. The van der Waals surface area contributed by atoms with E-state index in [9.17, 15) is 22.8 Å². The highest BCUT2D eigenvalue weighted by Crippen LogP contribution is 2.33. The summed E-state index contributed by atoms with van der Waals surface area (Å²) < 4.78 is 56.7. The molecule has 0 saturated heterocycles. The average molecular weight is 495 g/mol. The van der Waals surface area contributed by atoms with Gasteiger partial charge in [0.15, 0.2) is 12.6 Å². The number of aromatic amines is 1. The van der Waals surface area contributed by atoms with Gasteiger partial charge in [0, 0.05) is 19.4 Å². The van der Waals surface area contributed by atoms with Crippen molar-refractivity contribution in [1.82, 2.24) is 44.4 Å². The molecule has 0 aliphatic rings. The van der Waals surface area contributed by atoms with Gasteiger partial charge in [0.05, 0.1) is 18.2 Å². The van der Waals surface area contributed by atoms with Crippen molar-refractivity contribution >= 4 is 18.0 Å². The zero-order chi connectivity index (χ0) is 25.0. The van der Waals surface area contributed by atoms with Crippen molar-refractivity contribution in [3.05, 3.63) is 36.8 Å². The van der Waals surface area contributed by atoms with Gasteiger partial charge in [0.2, 0.25) is 5.78 Å². The highest BCUT2D eigenvalue weighted by molar-refractivity contribution is 5.76. The number of hydrogen-bond donors (Lipinski definition) is 2. The molecule has 0 fully saturated rings. The first-order valence-corrected chi connectivity index (χ1v) is 9.76. The molecule has 0 aromatic carbocycles. The molecule has 35 heavy (non-hydrogen) atoms. The zero-order valence-electron chi connectivity index (χ0n) is 17.8. The molecule has 0 bridgehead atoms. The molecule has 0 atom stereocenters. The molecule has 0 radical (unpaired) electrons. The third-order valence-corrected chi connectivity index (χ3v) is 4.34. The van der Waals surface area contributed by atoms with E-state index >= 15 is 0 Å². The number of carbonyl (C=O) groups excluding carboxylic acids is 2. The molecule has 0 aliphatic heterocycles. The van der Waals surface area contributed by atoms with Crippen LogP contribution in [0.25, 0.3) is 28.7 Å². The van der Waals surface area contributed by atoms with Crippen LogP contribution in [-0.2, 0) is 27.1 Å². The molecule has 4 heterocycles. The number of hydrogen-bond acceptors (Lipinski definition) is 10. The number of rotatable bonds is 7. The van der Waals surface area contributed by atoms with E-state index in [0.717, 1.165) is 0 Å². The predicted molar refractivity (Wildman–Crippen MR) is 107 cm³/mol. The Bertz CT molecular complexity index is 1330. The first kappa shape index (κ1) is 23.5. The number of imidazole rings is 2. The summed E-state index contributed by atoms with van der Waals surface area (Å²) in [5.41, 5.74) is 0.703. The Kier molecular flexibility index (Phi) is 6.47. The van der Waals surface area contributed by atoms with Gasteiger partial charge in [0.25, 0.3) is 5.82 Å². The van der Waals surface area contributed by atoms with Gasteiger partial charge in [-0.25, -0.2) is 34.2 Å². The SMILES string of the molecule is CNC(=O)OCCOC(=O)OCn1nc(C(F)(F)F)nc1-c1nc2ncccn2c1-c1cnc[nH]1. The van der Waals surface area contributed by atoms with Crippen LogP contribution >= 0.6 is 0 Å². The van der Waals surface area contributed by atoms with E-state index in [1.165, 1.54) is 30.2 Å². The normalized spacial score (nSPS) is 11.4. The van der Waals surface area contributed by atoms with E-state index in [4.69, 9.17) is 9.47 Å². The summed E-state index contributed by atoms with van der Waals surface area (Å²) in [6.07, 6.45) is -0.955. The molecule has 4 rings (SSSR count). The van der Waals surface area contributed by atoms with Crippen molar-refractivity contribution in [3.63, 3.8) is 0 Å². The van der Waals surface area contributed by atoms with Gasteiger partial charge < -0.3 is 24.5 Å². The molecule has 14 nitrogen and oxygen atoms in total. The number of aromatic nitrogens is 8. The summed E-state index contributed by atoms with van der Waals surface area (Å²) >= 11 is 0. The maximum absolute atomic E-state index is 13.4. The summed E-state index contributed by atoms with van der Waals surface area (Å²) in [6, 6.07) is 1.61. The number of halogens is 3. The molecule has 2 N–H and O–H groups in total. The Hall–Kier alpha value is -4.70. The molecule has 17 heteroatoms. The third kappa shape index (κ3) is 5.12. The quantitative estimate of drug-likeness (QED) is 0.286. The molecule has 0 unspecified atom stereocenters. The van der Waals surface area contributed by atoms with E-state index in [1.54, 1.807) is 12.3 Å². The lowest BCUT2D eigenvalue weighted by Gasteiger charge is -2.08. The summed E-state index contributed by atoms with van der Waals surface area (Å²) in [5, 5.41) is 5.63. The monoisotopic (exact) mass is 495 g/mol. The van der Waals surface area contributed by atoms with E-state index in [1.807, 2.05) is 0 Å². The zero-order valence-corrected chi connectivity index (χ0v) is 17.8. The van der Waals surface area contributed by atoms with Crippen molar-refractivity contribution in [3.8, 4) is 22.9 Å². The Balaban J connectivity index is 1.63.